The normalized spacial score (nSPS) is 37.6. The van der Waals surface area contributed by atoms with Gasteiger partial charge in [0.05, 0.1) is 11.2 Å². The highest BCUT2D eigenvalue weighted by molar-refractivity contribution is 7.87. The highest BCUT2D eigenvalue weighted by Gasteiger charge is 2.69. The zero-order chi connectivity index (χ0) is 22.3. The molecule has 168 valence electrons. The van der Waals surface area contributed by atoms with Crippen molar-refractivity contribution in [3.8, 4) is 0 Å². The van der Waals surface area contributed by atoms with E-state index in [0.717, 1.165) is 6.42 Å². The summed E-state index contributed by atoms with van der Waals surface area (Å²) < 4.78 is 63.5. The Morgan fingerprint density at radius 1 is 1.14 bits per heavy atom. The number of ether oxygens (including phenoxy) is 1. The van der Waals surface area contributed by atoms with Gasteiger partial charge in [0.15, 0.2) is 0 Å². The predicted molar refractivity (Wildman–Crippen MR) is 98.5 cm³/mol. The second-order valence-corrected chi connectivity index (χ2v) is 12.0. The minimum atomic E-state index is -5.95. The lowest BCUT2D eigenvalue weighted by molar-refractivity contribution is -0.269. The molecule has 29 heavy (non-hydrogen) atoms. The van der Waals surface area contributed by atoms with Crippen molar-refractivity contribution in [3.05, 3.63) is 0 Å². The van der Waals surface area contributed by atoms with E-state index < -0.39 is 43.6 Å². The Bertz CT molecular complexity index is 798. The van der Waals surface area contributed by atoms with Crippen LogP contribution in [0.5, 0.6) is 0 Å². The van der Waals surface area contributed by atoms with Gasteiger partial charge in [0.25, 0.3) is 0 Å². The Morgan fingerprint density at radius 2 is 1.72 bits per heavy atom. The molecule has 4 rings (SSSR count). The van der Waals surface area contributed by atoms with Crippen molar-refractivity contribution >= 4 is 16.1 Å². The van der Waals surface area contributed by atoms with Crippen molar-refractivity contribution in [2.24, 2.45) is 23.2 Å². The Hall–Kier alpha value is -0.840. The van der Waals surface area contributed by atoms with Gasteiger partial charge < -0.3 is 14.9 Å². The highest BCUT2D eigenvalue weighted by Crippen LogP contribution is 2.69. The van der Waals surface area contributed by atoms with Crippen LogP contribution in [0.3, 0.4) is 0 Å². The first-order valence-corrected chi connectivity index (χ1v) is 11.3. The quantitative estimate of drug-likeness (QED) is 0.429. The zero-order valence-corrected chi connectivity index (χ0v) is 17.9. The maximum absolute atomic E-state index is 13.8. The minimum Gasteiger partial charge on any atom is -0.454 e. The summed E-state index contributed by atoms with van der Waals surface area (Å²) in [6, 6.07) is 0. The molecule has 0 aromatic heterocycles. The van der Waals surface area contributed by atoms with Crippen LogP contribution in [0.1, 0.15) is 66.2 Å². The molecule has 4 bridgehead atoms. The number of halogens is 2. The first-order valence-electron chi connectivity index (χ1n) is 9.85. The van der Waals surface area contributed by atoms with E-state index in [1.165, 1.54) is 0 Å². The lowest BCUT2D eigenvalue weighted by atomic mass is 9.39. The molecule has 4 aliphatic rings. The Morgan fingerprint density at radius 3 is 2.21 bits per heavy atom. The zero-order valence-electron chi connectivity index (χ0n) is 17.1. The number of carbonyl (C=O) groups excluding carboxylic acids is 1. The number of esters is 1. The van der Waals surface area contributed by atoms with Crippen molar-refractivity contribution in [2.45, 2.75) is 88.3 Å². The van der Waals surface area contributed by atoms with E-state index in [4.69, 9.17) is 9.29 Å². The molecule has 0 spiro atoms. The predicted octanol–water partition coefficient (Wildman–Crippen LogP) is 2.51. The topological polar surface area (TPSA) is 121 Å². The molecule has 4 fully saturated rings. The molecule has 4 saturated carbocycles. The third kappa shape index (κ3) is 3.70. The fourth-order valence-corrected chi connectivity index (χ4v) is 6.74. The third-order valence-corrected chi connectivity index (χ3v) is 8.12. The van der Waals surface area contributed by atoms with Crippen LogP contribution in [0.4, 0.5) is 8.78 Å². The van der Waals surface area contributed by atoms with Crippen molar-refractivity contribution in [1.82, 2.24) is 0 Å². The van der Waals surface area contributed by atoms with E-state index in [0.29, 0.717) is 19.3 Å². The van der Waals surface area contributed by atoms with Gasteiger partial charge in [-0.2, -0.15) is 17.2 Å². The summed E-state index contributed by atoms with van der Waals surface area (Å²) in [5.41, 5.74) is -4.33. The molecule has 5 atom stereocenters. The summed E-state index contributed by atoms with van der Waals surface area (Å²) in [4.78, 5) is 12.0. The molecule has 0 aromatic carbocycles. The fourth-order valence-electron chi connectivity index (χ4n) is 6.49. The summed E-state index contributed by atoms with van der Waals surface area (Å²) in [5.74, 6) is -2.43. The van der Waals surface area contributed by atoms with Crippen LogP contribution >= 0.6 is 0 Å². The smallest absolute Gasteiger partial charge is 0.454 e. The molecule has 10 heteroatoms. The van der Waals surface area contributed by atoms with Crippen LogP contribution in [0.2, 0.25) is 0 Å². The van der Waals surface area contributed by atoms with Crippen molar-refractivity contribution in [2.75, 3.05) is 0 Å². The second-order valence-electron chi connectivity index (χ2n) is 10.6. The van der Waals surface area contributed by atoms with Crippen LogP contribution in [0.25, 0.3) is 0 Å². The van der Waals surface area contributed by atoms with E-state index in [-0.39, 0.29) is 30.6 Å². The molecule has 0 aliphatic heterocycles. The molecular formula is C19H30F2O7S. The SMILES string of the molecule is CC(C)(O)CC1C2CC3CC(OC(=O)C(F)(F)S(=O)(=O)O)(C2)CC1(C(C)(C)O)C3. The Labute approximate surface area is 169 Å². The number of hydrogen-bond acceptors (Lipinski definition) is 6. The summed E-state index contributed by atoms with van der Waals surface area (Å²) in [5, 5.41) is 16.5. The maximum atomic E-state index is 13.8. The van der Waals surface area contributed by atoms with Gasteiger partial charge in [-0.3, -0.25) is 4.55 Å². The molecule has 7 nitrogen and oxygen atoms in total. The summed E-state index contributed by atoms with van der Waals surface area (Å²) in [6.45, 7) is 6.64. The van der Waals surface area contributed by atoms with Gasteiger partial charge in [-0.25, -0.2) is 4.79 Å². The van der Waals surface area contributed by atoms with Crippen molar-refractivity contribution in [3.63, 3.8) is 0 Å². The lowest BCUT2D eigenvalue weighted by Crippen LogP contribution is -2.68. The van der Waals surface area contributed by atoms with Gasteiger partial charge >= 0.3 is 21.3 Å². The van der Waals surface area contributed by atoms with Crippen molar-refractivity contribution < 1.29 is 41.5 Å². The van der Waals surface area contributed by atoms with Gasteiger partial charge in [0.2, 0.25) is 0 Å². The standard InChI is InChI=1S/C19H30F2O7S/c1-15(2,23)9-13-12-5-11-6-17(8-12,10-18(13,7-11)16(3,4)24)28-14(22)19(20,21)29(25,26)27/h11-13,23-24H,5-10H2,1-4H3,(H,25,26,27). The molecule has 5 unspecified atom stereocenters. The number of aliphatic hydroxyl groups is 2. The molecular weight excluding hydrogens is 410 g/mol. The van der Waals surface area contributed by atoms with Gasteiger partial charge in [-0.15, -0.1) is 0 Å². The summed E-state index contributed by atoms with van der Waals surface area (Å²) in [7, 11) is -5.95. The van der Waals surface area contributed by atoms with E-state index in [2.05, 4.69) is 0 Å². The second kappa shape index (κ2) is 6.34. The Kier molecular flexibility index (Phi) is 4.99. The number of alkyl halides is 2. The Balaban J connectivity index is 1.98. The first-order chi connectivity index (χ1) is 12.8. The van der Waals surface area contributed by atoms with Gasteiger partial charge in [-0.1, -0.05) is 0 Å². The molecule has 0 radical (unpaired) electrons. The van der Waals surface area contributed by atoms with Gasteiger partial charge in [0, 0.05) is 5.41 Å². The molecule has 0 heterocycles. The van der Waals surface area contributed by atoms with Gasteiger partial charge in [0.1, 0.15) is 5.60 Å². The van der Waals surface area contributed by atoms with Crippen LogP contribution in [0.15, 0.2) is 0 Å². The summed E-state index contributed by atoms with van der Waals surface area (Å²) in [6.07, 6.45) is 2.46. The number of hydrogen-bond donors (Lipinski definition) is 3. The highest BCUT2D eigenvalue weighted by atomic mass is 32.2. The van der Waals surface area contributed by atoms with Gasteiger partial charge in [-0.05, 0) is 84.0 Å². The van der Waals surface area contributed by atoms with Crippen molar-refractivity contribution in [1.29, 1.82) is 0 Å². The van der Waals surface area contributed by atoms with Crippen LogP contribution in [0, 0.1) is 23.2 Å². The fraction of sp³-hybridized carbons (Fsp3) is 0.947. The van der Waals surface area contributed by atoms with Crippen LogP contribution < -0.4 is 0 Å². The monoisotopic (exact) mass is 440 g/mol. The molecule has 3 N–H and O–H groups in total. The van der Waals surface area contributed by atoms with E-state index in [1.54, 1.807) is 27.7 Å². The molecule has 0 saturated heterocycles. The first kappa shape index (κ1) is 22.8. The molecule has 4 aliphatic carbocycles. The lowest BCUT2D eigenvalue weighted by Gasteiger charge is -2.68. The summed E-state index contributed by atoms with van der Waals surface area (Å²) >= 11 is 0. The number of carbonyl (C=O) groups is 1. The average molecular weight is 441 g/mol. The average Bonchev–Trinajstić information content (AvgIpc) is 2.46. The van der Waals surface area contributed by atoms with Crippen LogP contribution in [-0.2, 0) is 19.6 Å². The van der Waals surface area contributed by atoms with E-state index >= 15 is 0 Å². The molecule has 0 aromatic rings. The van der Waals surface area contributed by atoms with E-state index in [9.17, 15) is 32.2 Å². The van der Waals surface area contributed by atoms with Crippen LogP contribution in [-0.4, -0.2) is 51.2 Å². The molecule has 0 amide bonds. The maximum Gasteiger partial charge on any atom is 0.465 e. The third-order valence-electron chi connectivity index (χ3n) is 7.31. The number of rotatable bonds is 6. The minimum absolute atomic E-state index is 0.0270. The van der Waals surface area contributed by atoms with E-state index in [1.807, 2.05) is 0 Å². The largest absolute Gasteiger partial charge is 0.465 e.